The molecule has 2 rings (SSSR count). The first kappa shape index (κ1) is 15.0. The Kier molecular flexibility index (Phi) is 4.90. The molecule has 2 aromatic rings. The number of carboxylic acid groups (broad SMARTS) is 1. The van der Waals surface area contributed by atoms with Crippen LogP contribution in [0.1, 0.15) is 21.5 Å². The normalized spacial score (nSPS) is 10.4. The zero-order valence-corrected chi connectivity index (χ0v) is 11.3. The van der Waals surface area contributed by atoms with E-state index < -0.39 is 11.8 Å². The minimum Gasteiger partial charge on any atom is -0.489 e. The lowest BCUT2D eigenvalue weighted by Gasteiger charge is -2.12. The molecule has 0 heterocycles. The molecule has 0 aliphatic rings. The molecule has 0 bridgehead atoms. The van der Waals surface area contributed by atoms with Gasteiger partial charge in [0.1, 0.15) is 18.2 Å². The summed E-state index contributed by atoms with van der Waals surface area (Å²) in [7, 11) is 0. The third-order valence-electron chi connectivity index (χ3n) is 3.05. The van der Waals surface area contributed by atoms with Crippen LogP contribution in [0, 0.1) is 5.82 Å². The molecule has 0 unspecified atom stereocenters. The molecule has 0 aliphatic heterocycles. The highest BCUT2D eigenvalue weighted by Gasteiger charge is 2.14. The van der Waals surface area contributed by atoms with Gasteiger partial charge in [-0.3, -0.25) is 0 Å². The van der Waals surface area contributed by atoms with E-state index in [2.05, 4.69) is 0 Å². The third kappa shape index (κ3) is 3.58. The van der Waals surface area contributed by atoms with E-state index in [0.29, 0.717) is 12.2 Å². The largest absolute Gasteiger partial charge is 0.489 e. The molecule has 4 nitrogen and oxygen atoms in total. The number of benzene rings is 2. The summed E-state index contributed by atoms with van der Waals surface area (Å²) in [5.74, 6) is -1.55. The van der Waals surface area contributed by atoms with Crippen molar-refractivity contribution in [2.24, 2.45) is 0 Å². The number of hydrogen-bond acceptors (Lipinski definition) is 3. The van der Waals surface area contributed by atoms with Crippen molar-refractivity contribution in [1.29, 1.82) is 0 Å². The van der Waals surface area contributed by atoms with Crippen molar-refractivity contribution in [2.45, 2.75) is 13.0 Å². The standard InChI is InChI=1S/C16H15FO4/c17-15-12(5-3-6-13(15)16(19)20)10-21-14-7-2-1-4-11(14)8-9-18/h1-7,18H,8-10H2,(H,19,20). The molecule has 0 aliphatic carbocycles. The summed E-state index contributed by atoms with van der Waals surface area (Å²) in [5.41, 5.74) is 0.614. The summed E-state index contributed by atoms with van der Waals surface area (Å²) in [6.45, 7) is -0.0847. The fourth-order valence-corrected chi connectivity index (χ4v) is 1.98. The first-order chi connectivity index (χ1) is 10.1. The van der Waals surface area contributed by atoms with E-state index in [0.717, 1.165) is 5.56 Å². The number of para-hydroxylation sites is 1. The van der Waals surface area contributed by atoms with Crippen LogP contribution in [-0.2, 0) is 13.0 Å². The van der Waals surface area contributed by atoms with Gasteiger partial charge in [-0.25, -0.2) is 9.18 Å². The number of halogens is 1. The molecule has 0 spiro atoms. The van der Waals surface area contributed by atoms with Gasteiger partial charge in [-0.1, -0.05) is 30.3 Å². The Morgan fingerprint density at radius 3 is 2.52 bits per heavy atom. The summed E-state index contributed by atoms with van der Waals surface area (Å²) < 4.78 is 19.5. The van der Waals surface area contributed by atoms with Crippen molar-refractivity contribution in [3.8, 4) is 5.75 Å². The zero-order valence-electron chi connectivity index (χ0n) is 11.3. The van der Waals surface area contributed by atoms with Gasteiger partial charge in [0.05, 0.1) is 5.56 Å². The van der Waals surface area contributed by atoms with E-state index in [1.807, 2.05) is 12.1 Å². The smallest absolute Gasteiger partial charge is 0.338 e. The van der Waals surface area contributed by atoms with Crippen LogP contribution in [0.3, 0.4) is 0 Å². The van der Waals surface area contributed by atoms with Crippen LogP contribution < -0.4 is 4.74 Å². The number of ether oxygens (including phenoxy) is 1. The van der Waals surface area contributed by atoms with Crippen molar-refractivity contribution in [3.05, 3.63) is 65.0 Å². The summed E-state index contributed by atoms with van der Waals surface area (Å²) >= 11 is 0. The van der Waals surface area contributed by atoms with Gasteiger partial charge in [0.25, 0.3) is 0 Å². The van der Waals surface area contributed by atoms with Crippen LogP contribution in [0.5, 0.6) is 5.75 Å². The van der Waals surface area contributed by atoms with Gasteiger partial charge in [0.15, 0.2) is 0 Å². The number of carboxylic acids is 1. The molecular weight excluding hydrogens is 275 g/mol. The average Bonchev–Trinajstić information content (AvgIpc) is 2.47. The Morgan fingerprint density at radius 1 is 1.10 bits per heavy atom. The second kappa shape index (κ2) is 6.85. The Hall–Kier alpha value is -2.40. The Labute approximate surface area is 121 Å². The minimum atomic E-state index is -1.31. The molecular formula is C16H15FO4. The molecule has 0 saturated heterocycles. The SMILES string of the molecule is O=C(O)c1cccc(COc2ccccc2CCO)c1F. The summed E-state index contributed by atoms with van der Waals surface area (Å²) in [6, 6.07) is 11.3. The molecule has 0 amide bonds. The van der Waals surface area contributed by atoms with E-state index in [1.54, 1.807) is 12.1 Å². The topological polar surface area (TPSA) is 66.8 Å². The third-order valence-corrected chi connectivity index (χ3v) is 3.05. The molecule has 0 aromatic heterocycles. The summed E-state index contributed by atoms with van der Waals surface area (Å²) in [4.78, 5) is 10.9. The van der Waals surface area contributed by atoms with Crippen LogP contribution >= 0.6 is 0 Å². The maximum absolute atomic E-state index is 14.0. The highest BCUT2D eigenvalue weighted by molar-refractivity contribution is 5.88. The van der Waals surface area contributed by atoms with Crippen LogP contribution in [-0.4, -0.2) is 22.8 Å². The second-order valence-electron chi connectivity index (χ2n) is 4.45. The van der Waals surface area contributed by atoms with Crippen molar-refractivity contribution in [1.82, 2.24) is 0 Å². The van der Waals surface area contributed by atoms with Gasteiger partial charge in [0, 0.05) is 12.2 Å². The number of aliphatic hydroxyl groups excluding tert-OH is 1. The van der Waals surface area contributed by atoms with Crippen LogP contribution in [0.2, 0.25) is 0 Å². The summed E-state index contributed by atoms with van der Waals surface area (Å²) in [5, 5.41) is 17.9. The fourth-order valence-electron chi connectivity index (χ4n) is 1.98. The predicted molar refractivity (Wildman–Crippen MR) is 74.9 cm³/mol. The lowest BCUT2D eigenvalue weighted by molar-refractivity contribution is 0.0691. The molecule has 0 radical (unpaired) electrons. The first-order valence-electron chi connectivity index (χ1n) is 6.45. The zero-order chi connectivity index (χ0) is 15.2. The van der Waals surface area contributed by atoms with Crippen LogP contribution in [0.4, 0.5) is 4.39 Å². The van der Waals surface area contributed by atoms with E-state index in [4.69, 9.17) is 14.9 Å². The molecule has 0 atom stereocenters. The number of rotatable bonds is 6. The average molecular weight is 290 g/mol. The predicted octanol–water partition coefficient (Wildman–Crippen LogP) is 2.64. The van der Waals surface area contributed by atoms with E-state index >= 15 is 0 Å². The lowest BCUT2D eigenvalue weighted by atomic mass is 10.1. The number of carbonyl (C=O) groups is 1. The van der Waals surface area contributed by atoms with E-state index in [-0.39, 0.29) is 24.3 Å². The number of aromatic carboxylic acids is 1. The van der Waals surface area contributed by atoms with E-state index in [9.17, 15) is 9.18 Å². The van der Waals surface area contributed by atoms with Gasteiger partial charge in [0.2, 0.25) is 0 Å². The molecule has 21 heavy (non-hydrogen) atoms. The number of aliphatic hydroxyl groups is 1. The van der Waals surface area contributed by atoms with Gasteiger partial charge < -0.3 is 14.9 Å². The molecule has 0 saturated carbocycles. The van der Waals surface area contributed by atoms with Crippen molar-refractivity contribution >= 4 is 5.97 Å². The Morgan fingerprint density at radius 2 is 1.81 bits per heavy atom. The van der Waals surface area contributed by atoms with Gasteiger partial charge in [-0.15, -0.1) is 0 Å². The van der Waals surface area contributed by atoms with E-state index in [1.165, 1.54) is 18.2 Å². The maximum atomic E-state index is 14.0. The van der Waals surface area contributed by atoms with Crippen LogP contribution in [0.15, 0.2) is 42.5 Å². The summed E-state index contributed by atoms with van der Waals surface area (Å²) in [6.07, 6.45) is 0.438. The molecule has 2 N–H and O–H groups in total. The van der Waals surface area contributed by atoms with Gasteiger partial charge >= 0.3 is 5.97 Å². The Balaban J connectivity index is 2.17. The maximum Gasteiger partial charge on any atom is 0.338 e. The molecule has 110 valence electrons. The first-order valence-corrected chi connectivity index (χ1v) is 6.45. The lowest BCUT2D eigenvalue weighted by Crippen LogP contribution is -2.06. The van der Waals surface area contributed by atoms with Gasteiger partial charge in [-0.2, -0.15) is 0 Å². The highest BCUT2D eigenvalue weighted by atomic mass is 19.1. The minimum absolute atomic E-state index is 0.0107. The fraction of sp³-hybridized carbons (Fsp3) is 0.188. The van der Waals surface area contributed by atoms with Crippen LogP contribution in [0.25, 0.3) is 0 Å². The van der Waals surface area contributed by atoms with Gasteiger partial charge in [-0.05, 0) is 24.1 Å². The van der Waals surface area contributed by atoms with Crippen molar-refractivity contribution < 1.29 is 24.1 Å². The monoisotopic (exact) mass is 290 g/mol. The Bertz CT molecular complexity index is 640. The molecule has 5 heteroatoms. The van der Waals surface area contributed by atoms with Crippen molar-refractivity contribution in [2.75, 3.05) is 6.61 Å². The molecule has 0 fully saturated rings. The number of hydrogen-bond donors (Lipinski definition) is 2. The highest BCUT2D eigenvalue weighted by Crippen LogP contribution is 2.21. The molecule has 2 aromatic carbocycles. The second-order valence-corrected chi connectivity index (χ2v) is 4.45. The van der Waals surface area contributed by atoms with Crippen molar-refractivity contribution in [3.63, 3.8) is 0 Å². The quantitative estimate of drug-likeness (QED) is 0.858.